The Labute approximate surface area is 233 Å². The zero-order valence-corrected chi connectivity index (χ0v) is 22.8. The molecule has 3 aromatic rings. The van der Waals surface area contributed by atoms with Crippen molar-refractivity contribution in [2.75, 3.05) is 44.2 Å². The fourth-order valence-electron chi connectivity index (χ4n) is 4.57. The molecular formula is C28H27BrFN5O4. The van der Waals surface area contributed by atoms with Crippen LogP contribution in [0.25, 0.3) is 11.1 Å². The fourth-order valence-corrected chi connectivity index (χ4v) is 5.18. The molecule has 0 spiro atoms. The lowest BCUT2D eigenvalue weighted by Crippen LogP contribution is -2.46. The molecule has 0 saturated carbocycles. The third-order valence-electron chi connectivity index (χ3n) is 6.63. The van der Waals surface area contributed by atoms with Crippen LogP contribution in [0.15, 0.2) is 64.3 Å². The molecule has 3 heterocycles. The van der Waals surface area contributed by atoms with Crippen molar-refractivity contribution in [2.24, 2.45) is 5.10 Å². The van der Waals surface area contributed by atoms with Crippen molar-refractivity contribution < 1.29 is 23.8 Å². The maximum atomic E-state index is 14.9. The van der Waals surface area contributed by atoms with Crippen LogP contribution in [-0.2, 0) is 4.74 Å². The number of halogens is 2. The van der Waals surface area contributed by atoms with Crippen LogP contribution in [0.5, 0.6) is 0 Å². The number of aliphatic hydroxyl groups excluding tert-OH is 1. The molecule has 2 fully saturated rings. The molecule has 0 radical (unpaired) electrons. The van der Waals surface area contributed by atoms with Gasteiger partial charge in [0.2, 0.25) is 0 Å². The third kappa shape index (κ3) is 6.10. The second-order valence-electron chi connectivity index (χ2n) is 9.44. The number of hydrogen-bond acceptors (Lipinski definition) is 7. The fraction of sp³-hybridized carbons (Fsp3) is 0.286. The van der Waals surface area contributed by atoms with Crippen LogP contribution < -0.4 is 4.90 Å². The molecule has 5 rings (SSSR count). The smallest absolute Gasteiger partial charge is 0.414 e. The lowest BCUT2D eigenvalue weighted by molar-refractivity contribution is 0.0642. The average molecular weight is 596 g/mol. The zero-order chi connectivity index (χ0) is 27.5. The third-order valence-corrected chi connectivity index (χ3v) is 7.08. The molecule has 2 amide bonds. The summed E-state index contributed by atoms with van der Waals surface area (Å²) in [5.74, 6) is -0.489. The molecule has 9 nitrogen and oxygen atoms in total. The van der Waals surface area contributed by atoms with E-state index in [1.165, 1.54) is 11.0 Å². The predicted octanol–water partition coefficient (Wildman–Crippen LogP) is 4.07. The Balaban J connectivity index is 1.18. The summed E-state index contributed by atoms with van der Waals surface area (Å²) < 4.78 is 20.8. The van der Waals surface area contributed by atoms with Crippen LogP contribution in [0.3, 0.4) is 0 Å². The molecule has 11 heteroatoms. The van der Waals surface area contributed by atoms with E-state index < -0.39 is 18.0 Å². The quantitative estimate of drug-likeness (QED) is 0.431. The summed E-state index contributed by atoms with van der Waals surface area (Å²) in [6.07, 6.45) is 1.99. The number of hydrazone groups is 1. The summed E-state index contributed by atoms with van der Waals surface area (Å²) in [6.45, 7) is 4.19. The summed E-state index contributed by atoms with van der Waals surface area (Å²) in [4.78, 5) is 32.4. The Morgan fingerprint density at radius 3 is 2.62 bits per heavy atom. The van der Waals surface area contributed by atoms with Crippen molar-refractivity contribution in [2.45, 2.75) is 13.0 Å². The van der Waals surface area contributed by atoms with Gasteiger partial charge in [0, 0.05) is 40.4 Å². The topological polar surface area (TPSA) is 98.6 Å². The number of carbonyl (C=O) groups excluding carboxylic acids is 2. The van der Waals surface area contributed by atoms with Crippen LogP contribution in [-0.4, -0.2) is 83.6 Å². The summed E-state index contributed by atoms with van der Waals surface area (Å²) in [5, 5.41) is 15.6. The number of cyclic esters (lactones) is 1. The standard InChI is InChI=1S/C28H27BrFN5O4/c1-18-10-20(12-21(29)11-18)27(37)33-6-8-34(9-7-33)32-15-22-3-2-19(14-31-22)25-5-4-23(13-26(25)30)35-16-24(17-36)39-28(35)38/h2-5,10-15,24,36H,6-9,16-17H2,1H3/b32-15+/t24-/m1/s1. The van der Waals surface area contributed by atoms with Crippen LogP contribution in [0, 0.1) is 12.7 Å². The number of carbonyl (C=O) groups is 2. The van der Waals surface area contributed by atoms with Crippen molar-refractivity contribution in [3.8, 4) is 11.1 Å². The van der Waals surface area contributed by atoms with E-state index in [-0.39, 0.29) is 19.1 Å². The Hall–Kier alpha value is -3.83. The number of hydrogen-bond donors (Lipinski definition) is 1. The van der Waals surface area contributed by atoms with Gasteiger partial charge in [-0.3, -0.25) is 19.7 Å². The van der Waals surface area contributed by atoms with E-state index in [9.17, 15) is 19.1 Å². The summed E-state index contributed by atoms with van der Waals surface area (Å²) in [5.41, 5.74) is 3.62. The van der Waals surface area contributed by atoms with Gasteiger partial charge in [0.05, 0.1) is 43.8 Å². The maximum Gasteiger partial charge on any atom is 0.414 e. The minimum absolute atomic E-state index is 0.00951. The molecule has 2 aliphatic heterocycles. The molecule has 202 valence electrons. The molecule has 1 N–H and O–H groups in total. The van der Waals surface area contributed by atoms with Gasteiger partial charge in [-0.25, -0.2) is 9.18 Å². The van der Waals surface area contributed by atoms with Crippen molar-refractivity contribution in [1.29, 1.82) is 0 Å². The largest absolute Gasteiger partial charge is 0.441 e. The van der Waals surface area contributed by atoms with Gasteiger partial charge in [-0.05, 0) is 55.0 Å². The first-order chi connectivity index (χ1) is 18.8. The van der Waals surface area contributed by atoms with Crippen molar-refractivity contribution >= 4 is 39.8 Å². The SMILES string of the molecule is Cc1cc(Br)cc(C(=O)N2CCN(/N=C/c3ccc(-c4ccc(N5C[C@H](CO)OC5=O)cc4F)cn3)CC2)c1. The number of nitrogens with zero attached hydrogens (tertiary/aromatic N) is 5. The molecule has 0 unspecified atom stereocenters. The first-order valence-electron chi connectivity index (χ1n) is 12.5. The molecule has 1 atom stereocenters. The van der Waals surface area contributed by atoms with E-state index in [0.717, 1.165) is 10.0 Å². The number of aliphatic hydroxyl groups is 1. The van der Waals surface area contributed by atoms with Gasteiger partial charge < -0.3 is 14.7 Å². The average Bonchev–Trinajstić information content (AvgIpc) is 3.32. The molecule has 39 heavy (non-hydrogen) atoms. The van der Waals surface area contributed by atoms with E-state index >= 15 is 0 Å². The van der Waals surface area contributed by atoms with Gasteiger partial charge in [0.15, 0.2) is 0 Å². The number of anilines is 1. The van der Waals surface area contributed by atoms with Gasteiger partial charge in [-0.2, -0.15) is 5.10 Å². The highest BCUT2D eigenvalue weighted by Crippen LogP contribution is 2.29. The van der Waals surface area contributed by atoms with E-state index in [1.54, 1.807) is 36.7 Å². The van der Waals surface area contributed by atoms with E-state index in [2.05, 4.69) is 26.0 Å². The number of rotatable bonds is 6. The van der Waals surface area contributed by atoms with E-state index in [1.807, 2.05) is 35.0 Å². The first kappa shape index (κ1) is 26.8. The van der Waals surface area contributed by atoms with E-state index in [4.69, 9.17) is 4.74 Å². The van der Waals surface area contributed by atoms with Gasteiger partial charge in [0.1, 0.15) is 11.9 Å². The molecule has 0 bridgehead atoms. The monoisotopic (exact) mass is 595 g/mol. The molecule has 2 aliphatic rings. The minimum Gasteiger partial charge on any atom is -0.441 e. The second kappa shape index (κ2) is 11.5. The highest BCUT2D eigenvalue weighted by atomic mass is 79.9. The molecule has 1 aromatic heterocycles. The lowest BCUT2D eigenvalue weighted by Gasteiger charge is -2.33. The second-order valence-corrected chi connectivity index (χ2v) is 10.4. The normalized spacial score (nSPS) is 17.7. The number of pyridine rings is 1. The summed E-state index contributed by atoms with van der Waals surface area (Å²) in [7, 11) is 0. The number of piperazine rings is 1. The molecule has 0 aliphatic carbocycles. The Bertz CT molecular complexity index is 1390. The number of benzene rings is 2. The van der Waals surface area contributed by atoms with Crippen molar-refractivity contribution in [3.63, 3.8) is 0 Å². The van der Waals surface area contributed by atoms with Gasteiger partial charge in [0.25, 0.3) is 5.91 Å². The van der Waals surface area contributed by atoms with Crippen molar-refractivity contribution in [1.82, 2.24) is 14.9 Å². The summed E-state index contributed by atoms with van der Waals surface area (Å²) in [6, 6.07) is 13.7. The highest BCUT2D eigenvalue weighted by molar-refractivity contribution is 9.10. The summed E-state index contributed by atoms with van der Waals surface area (Å²) >= 11 is 3.45. The zero-order valence-electron chi connectivity index (χ0n) is 21.3. The Kier molecular flexibility index (Phi) is 7.89. The predicted molar refractivity (Wildman–Crippen MR) is 148 cm³/mol. The number of aryl methyl sites for hydroxylation is 1. The number of aromatic nitrogens is 1. The van der Waals surface area contributed by atoms with Crippen LogP contribution in [0.4, 0.5) is 14.9 Å². The number of ether oxygens (including phenoxy) is 1. The Morgan fingerprint density at radius 2 is 1.97 bits per heavy atom. The lowest BCUT2D eigenvalue weighted by atomic mass is 10.1. The van der Waals surface area contributed by atoms with Crippen LogP contribution >= 0.6 is 15.9 Å². The molecule has 2 saturated heterocycles. The Morgan fingerprint density at radius 1 is 1.18 bits per heavy atom. The van der Waals surface area contributed by atoms with E-state index in [0.29, 0.717) is 54.3 Å². The van der Waals surface area contributed by atoms with Crippen molar-refractivity contribution in [3.05, 3.63) is 81.8 Å². The van der Waals surface area contributed by atoms with Crippen LogP contribution in [0.2, 0.25) is 0 Å². The maximum absolute atomic E-state index is 14.9. The van der Waals surface area contributed by atoms with Gasteiger partial charge >= 0.3 is 6.09 Å². The van der Waals surface area contributed by atoms with Crippen LogP contribution in [0.1, 0.15) is 21.6 Å². The molecule has 2 aromatic carbocycles. The highest BCUT2D eigenvalue weighted by Gasteiger charge is 2.32. The van der Waals surface area contributed by atoms with Gasteiger partial charge in [-0.15, -0.1) is 0 Å². The number of amides is 2. The molecular weight excluding hydrogens is 569 g/mol. The first-order valence-corrected chi connectivity index (χ1v) is 13.3. The minimum atomic E-state index is -0.619. The van der Waals surface area contributed by atoms with Gasteiger partial charge in [-0.1, -0.05) is 22.0 Å².